The topological polar surface area (TPSA) is 116 Å². The Labute approximate surface area is 228 Å². The predicted molar refractivity (Wildman–Crippen MR) is 158 cm³/mol. The van der Waals surface area contributed by atoms with E-state index in [1.54, 1.807) is 12.4 Å². The summed E-state index contributed by atoms with van der Waals surface area (Å²) in [7, 11) is 0. The van der Waals surface area contributed by atoms with Crippen molar-refractivity contribution in [2.75, 3.05) is 0 Å². The summed E-state index contributed by atoms with van der Waals surface area (Å²) in [5, 5.41) is 0. The summed E-state index contributed by atoms with van der Waals surface area (Å²) in [5.74, 6) is 2.32. The molecule has 0 radical (unpaired) electrons. The number of pyridine rings is 2. The van der Waals surface area contributed by atoms with Gasteiger partial charge in [-0.3, -0.25) is 9.97 Å². The maximum Gasteiger partial charge on any atom is 0.150 e. The van der Waals surface area contributed by atoms with E-state index in [1.165, 1.54) is 0 Å². The SMILES string of the molecule is Cc1ccnc(C(N)=Nc2ccc(-c3ccc(-c4ccc(N=C(N)c5cc(C)ccn5)cc4C)o3)c(C)c2)c1. The van der Waals surface area contributed by atoms with Gasteiger partial charge in [0, 0.05) is 23.5 Å². The molecule has 4 N–H and O–H groups in total. The van der Waals surface area contributed by atoms with Crippen LogP contribution in [0.5, 0.6) is 0 Å². The van der Waals surface area contributed by atoms with E-state index in [0.717, 1.165) is 56.3 Å². The number of hydrogen-bond acceptors (Lipinski definition) is 5. The van der Waals surface area contributed by atoms with E-state index in [2.05, 4.69) is 20.0 Å². The van der Waals surface area contributed by atoms with Gasteiger partial charge in [0.05, 0.1) is 11.4 Å². The number of nitrogens with zero attached hydrogens (tertiary/aromatic N) is 4. The zero-order valence-electron chi connectivity index (χ0n) is 22.4. The second-order valence-electron chi connectivity index (χ2n) is 9.59. The molecular weight excluding hydrogens is 484 g/mol. The Morgan fingerprint density at radius 1 is 0.590 bits per heavy atom. The van der Waals surface area contributed by atoms with Crippen LogP contribution in [-0.4, -0.2) is 21.6 Å². The van der Waals surface area contributed by atoms with Gasteiger partial charge in [0.2, 0.25) is 0 Å². The highest BCUT2D eigenvalue weighted by atomic mass is 16.3. The Morgan fingerprint density at radius 2 is 1.03 bits per heavy atom. The molecule has 3 heterocycles. The smallest absolute Gasteiger partial charge is 0.150 e. The second kappa shape index (κ2) is 10.8. The van der Waals surface area contributed by atoms with Gasteiger partial charge in [-0.15, -0.1) is 0 Å². The Hall–Kier alpha value is -5.04. The van der Waals surface area contributed by atoms with E-state index in [4.69, 9.17) is 15.9 Å². The number of hydrogen-bond donors (Lipinski definition) is 2. The van der Waals surface area contributed by atoms with Gasteiger partial charge in [0.15, 0.2) is 0 Å². The van der Waals surface area contributed by atoms with Crippen molar-refractivity contribution in [1.29, 1.82) is 0 Å². The first kappa shape index (κ1) is 25.6. The predicted octanol–water partition coefficient (Wildman–Crippen LogP) is 6.71. The molecule has 2 aromatic carbocycles. The summed E-state index contributed by atoms with van der Waals surface area (Å²) in [4.78, 5) is 17.7. The fraction of sp³-hybridized carbons (Fsp3) is 0.125. The first-order valence-electron chi connectivity index (χ1n) is 12.6. The van der Waals surface area contributed by atoms with E-state index in [9.17, 15) is 0 Å². The van der Waals surface area contributed by atoms with Crippen LogP contribution in [0.3, 0.4) is 0 Å². The molecule has 0 spiro atoms. The number of nitrogens with two attached hydrogens (primary N) is 2. The number of furan rings is 1. The lowest BCUT2D eigenvalue weighted by molar-refractivity contribution is 0.596. The molecule has 0 aliphatic carbocycles. The lowest BCUT2D eigenvalue weighted by atomic mass is 10.1. The molecule has 0 aliphatic heterocycles. The lowest BCUT2D eigenvalue weighted by Crippen LogP contribution is -2.14. The summed E-state index contributed by atoms with van der Waals surface area (Å²) in [6, 6.07) is 23.5. The normalized spacial score (nSPS) is 12.1. The van der Waals surface area contributed by atoms with Crippen molar-refractivity contribution in [3.8, 4) is 22.6 Å². The highest BCUT2D eigenvalue weighted by Gasteiger charge is 2.12. The van der Waals surface area contributed by atoms with Crippen LogP contribution in [0.2, 0.25) is 0 Å². The first-order valence-corrected chi connectivity index (χ1v) is 12.6. The maximum atomic E-state index is 6.28. The number of aryl methyl sites for hydroxylation is 4. The summed E-state index contributed by atoms with van der Waals surface area (Å²) in [6.45, 7) is 8.06. The third-order valence-electron chi connectivity index (χ3n) is 6.41. The van der Waals surface area contributed by atoms with Crippen LogP contribution >= 0.6 is 0 Å². The van der Waals surface area contributed by atoms with Gasteiger partial charge in [-0.1, -0.05) is 0 Å². The number of benzene rings is 2. The standard InChI is InChI=1S/C32H30N6O/c1-19-11-13-35-27(15-19)31(33)37-23-5-7-25(21(3)17-23)29-9-10-30(39-29)26-8-6-24(18-22(26)4)38-32(34)28-16-20(2)12-14-36-28/h5-18H,1-4H3,(H2,33,37)(H2,34,38). The van der Waals surface area contributed by atoms with Gasteiger partial charge >= 0.3 is 0 Å². The lowest BCUT2D eigenvalue weighted by Gasteiger charge is -2.07. The summed E-state index contributed by atoms with van der Waals surface area (Å²) in [6.07, 6.45) is 3.47. The van der Waals surface area contributed by atoms with Gasteiger partial charge in [0.25, 0.3) is 0 Å². The van der Waals surface area contributed by atoms with Crippen molar-refractivity contribution in [2.24, 2.45) is 21.5 Å². The van der Waals surface area contributed by atoms with Gasteiger partial charge in [-0.25, -0.2) is 9.98 Å². The van der Waals surface area contributed by atoms with Crippen LogP contribution in [-0.2, 0) is 0 Å². The molecule has 0 saturated heterocycles. The summed E-state index contributed by atoms with van der Waals surface area (Å²) < 4.78 is 6.28. The van der Waals surface area contributed by atoms with Crippen molar-refractivity contribution in [2.45, 2.75) is 27.7 Å². The minimum atomic E-state index is 0.381. The van der Waals surface area contributed by atoms with Gasteiger partial charge in [-0.2, -0.15) is 0 Å². The Kier molecular flexibility index (Phi) is 7.06. The molecule has 7 nitrogen and oxygen atoms in total. The first-order chi connectivity index (χ1) is 18.8. The van der Waals surface area contributed by atoms with Gasteiger partial charge in [0.1, 0.15) is 34.6 Å². The number of aliphatic imine (C=N–C) groups is 2. The maximum absolute atomic E-state index is 6.28. The minimum absolute atomic E-state index is 0.381. The van der Waals surface area contributed by atoms with Crippen molar-refractivity contribution < 1.29 is 4.42 Å². The average Bonchev–Trinajstić information content (AvgIpc) is 3.38. The molecule has 194 valence electrons. The molecule has 0 aliphatic rings. The van der Waals surface area contributed by atoms with Crippen LogP contribution < -0.4 is 11.5 Å². The zero-order chi connectivity index (χ0) is 27.5. The molecule has 0 fully saturated rings. The third kappa shape index (κ3) is 5.78. The molecule has 3 aromatic heterocycles. The van der Waals surface area contributed by atoms with Crippen molar-refractivity contribution in [3.63, 3.8) is 0 Å². The Bertz CT molecular complexity index is 1610. The highest BCUT2D eigenvalue weighted by molar-refractivity contribution is 5.98. The van der Waals surface area contributed by atoms with E-state index < -0.39 is 0 Å². The fourth-order valence-corrected chi connectivity index (χ4v) is 4.36. The van der Waals surface area contributed by atoms with Crippen molar-refractivity contribution in [3.05, 3.63) is 119 Å². The number of rotatable bonds is 6. The number of aromatic nitrogens is 2. The molecule has 0 atom stereocenters. The van der Waals surface area contributed by atoms with Crippen molar-refractivity contribution in [1.82, 2.24) is 9.97 Å². The largest absolute Gasteiger partial charge is 0.456 e. The van der Waals surface area contributed by atoms with Crippen LogP contribution in [0.4, 0.5) is 11.4 Å². The monoisotopic (exact) mass is 514 g/mol. The number of amidine groups is 2. The van der Waals surface area contributed by atoms with Crippen LogP contribution in [0, 0.1) is 27.7 Å². The average molecular weight is 515 g/mol. The van der Waals surface area contributed by atoms with Gasteiger partial charge in [-0.05, 0) is 123 Å². The molecule has 7 heteroatoms. The molecular formula is C32H30N6O. The van der Waals surface area contributed by atoms with Crippen molar-refractivity contribution >= 4 is 23.0 Å². The molecule has 5 aromatic rings. The van der Waals surface area contributed by atoms with E-state index in [-0.39, 0.29) is 0 Å². The zero-order valence-corrected chi connectivity index (χ0v) is 22.4. The van der Waals surface area contributed by atoms with Gasteiger partial charge < -0.3 is 15.9 Å². The molecule has 5 rings (SSSR count). The minimum Gasteiger partial charge on any atom is -0.456 e. The highest BCUT2D eigenvalue weighted by Crippen LogP contribution is 2.34. The summed E-state index contributed by atoms with van der Waals surface area (Å²) in [5.41, 5.74) is 21.5. The molecule has 39 heavy (non-hydrogen) atoms. The van der Waals surface area contributed by atoms with E-state index in [1.807, 2.05) is 100 Å². The van der Waals surface area contributed by atoms with Crippen LogP contribution in [0.15, 0.2) is 99.6 Å². The Morgan fingerprint density at radius 3 is 1.41 bits per heavy atom. The molecule has 0 bridgehead atoms. The quantitative estimate of drug-likeness (QED) is 0.193. The molecule has 0 unspecified atom stereocenters. The third-order valence-corrected chi connectivity index (χ3v) is 6.41. The Balaban J connectivity index is 1.37. The molecule has 0 saturated carbocycles. The second-order valence-corrected chi connectivity index (χ2v) is 9.59. The van der Waals surface area contributed by atoms with Crippen LogP contribution in [0.25, 0.3) is 22.6 Å². The van der Waals surface area contributed by atoms with Crippen LogP contribution in [0.1, 0.15) is 33.6 Å². The summed E-state index contributed by atoms with van der Waals surface area (Å²) >= 11 is 0. The fourth-order valence-electron chi connectivity index (χ4n) is 4.36. The molecule has 0 amide bonds. The van der Waals surface area contributed by atoms with E-state index >= 15 is 0 Å². The van der Waals surface area contributed by atoms with E-state index in [0.29, 0.717) is 23.1 Å².